The van der Waals surface area contributed by atoms with Crippen LogP contribution in [0.25, 0.3) is 0 Å². The lowest BCUT2D eigenvalue weighted by Gasteiger charge is -2.15. The lowest BCUT2D eigenvalue weighted by Crippen LogP contribution is -2.14. The van der Waals surface area contributed by atoms with E-state index >= 15 is 0 Å². The predicted octanol–water partition coefficient (Wildman–Crippen LogP) is 4.74. The van der Waals surface area contributed by atoms with Crippen molar-refractivity contribution in [3.63, 3.8) is 0 Å². The molecule has 2 rings (SSSR count). The van der Waals surface area contributed by atoms with Crippen molar-refractivity contribution in [1.82, 2.24) is 0 Å². The highest BCUT2D eigenvalue weighted by Gasteiger charge is 2.35. The van der Waals surface area contributed by atoms with E-state index in [-0.39, 0.29) is 22.9 Å². The van der Waals surface area contributed by atoms with Gasteiger partial charge >= 0.3 is 6.18 Å². The van der Waals surface area contributed by atoms with Crippen molar-refractivity contribution in [2.24, 2.45) is 5.73 Å². The van der Waals surface area contributed by atoms with Crippen LogP contribution in [0.4, 0.5) is 13.2 Å². The molecule has 0 saturated carbocycles. The van der Waals surface area contributed by atoms with Gasteiger partial charge in [-0.3, -0.25) is 0 Å². The number of alkyl halides is 3. The Labute approximate surface area is 136 Å². The summed E-state index contributed by atoms with van der Waals surface area (Å²) >= 11 is 9.40. The normalized spacial score (nSPS) is 11.4. The van der Waals surface area contributed by atoms with Gasteiger partial charge in [-0.05, 0) is 45.6 Å². The number of rotatable bonds is 4. The van der Waals surface area contributed by atoms with Gasteiger partial charge in [0, 0.05) is 10.0 Å². The fourth-order valence-corrected chi connectivity index (χ4v) is 3.11. The zero-order chi connectivity index (χ0) is 15.6. The first-order valence-corrected chi connectivity index (χ1v) is 7.73. The summed E-state index contributed by atoms with van der Waals surface area (Å²) in [5.74, 6) is -0.247. The molecule has 21 heavy (non-hydrogen) atoms. The molecule has 8 heteroatoms. The quantitative estimate of drug-likeness (QED) is 0.759. The van der Waals surface area contributed by atoms with Crippen LogP contribution in [0, 0.1) is 0 Å². The van der Waals surface area contributed by atoms with Crippen molar-refractivity contribution in [1.29, 1.82) is 0 Å². The maximum Gasteiger partial charge on any atom is 0.419 e. The van der Waals surface area contributed by atoms with Crippen molar-refractivity contribution >= 4 is 44.5 Å². The molecule has 2 N–H and O–H groups in total. The Morgan fingerprint density at radius 1 is 1.33 bits per heavy atom. The van der Waals surface area contributed by atoms with E-state index in [2.05, 4.69) is 15.9 Å². The number of ether oxygens (including phenoxy) is 1. The SMILES string of the molecule is NC(=S)c1ccc(OCc2sccc2Br)c(C(F)(F)F)c1. The van der Waals surface area contributed by atoms with Crippen LogP contribution in [0.5, 0.6) is 5.75 Å². The van der Waals surface area contributed by atoms with Gasteiger partial charge in [0.25, 0.3) is 0 Å². The molecule has 0 unspecified atom stereocenters. The summed E-state index contributed by atoms with van der Waals surface area (Å²) in [6, 6.07) is 5.36. The summed E-state index contributed by atoms with van der Waals surface area (Å²) in [5, 5.41) is 1.82. The summed E-state index contributed by atoms with van der Waals surface area (Å²) < 4.78 is 45.3. The van der Waals surface area contributed by atoms with E-state index in [0.29, 0.717) is 0 Å². The van der Waals surface area contributed by atoms with E-state index < -0.39 is 11.7 Å². The molecule has 0 aliphatic heterocycles. The Morgan fingerprint density at radius 3 is 2.57 bits per heavy atom. The summed E-state index contributed by atoms with van der Waals surface area (Å²) in [6.45, 7) is 0.0494. The highest BCUT2D eigenvalue weighted by molar-refractivity contribution is 9.10. The zero-order valence-corrected chi connectivity index (χ0v) is 13.6. The van der Waals surface area contributed by atoms with Gasteiger partial charge in [-0.25, -0.2) is 0 Å². The van der Waals surface area contributed by atoms with Crippen LogP contribution >= 0.6 is 39.5 Å². The van der Waals surface area contributed by atoms with Gasteiger partial charge in [0.2, 0.25) is 0 Å². The molecular formula is C13H9BrF3NOS2. The van der Waals surface area contributed by atoms with Gasteiger partial charge in [0.05, 0.1) is 10.4 Å². The molecule has 2 nitrogen and oxygen atoms in total. The highest BCUT2D eigenvalue weighted by atomic mass is 79.9. The Balaban J connectivity index is 2.30. The molecule has 0 aliphatic rings. The van der Waals surface area contributed by atoms with E-state index in [4.69, 9.17) is 22.7 Å². The molecule has 1 aromatic carbocycles. The molecular weight excluding hydrogens is 387 g/mol. The third-order valence-corrected chi connectivity index (χ3v) is 4.75. The number of thiocarbonyl (C=S) groups is 1. The molecule has 2 aromatic rings. The smallest absolute Gasteiger partial charge is 0.419 e. The number of hydrogen-bond acceptors (Lipinski definition) is 3. The number of halogens is 4. The Morgan fingerprint density at radius 2 is 2.05 bits per heavy atom. The molecule has 0 atom stereocenters. The second kappa shape index (κ2) is 6.33. The summed E-state index contributed by atoms with van der Waals surface area (Å²) in [6.07, 6.45) is -4.54. The average Bonchev–Trinajstić information content (AvgIpc) is 2.80. The lowest BCUT2D eigenvalue weighted by atomic mass is 10.1. The minimum absolute atomic E-state index is 0.0494. The lowest BCUT2D eigenvalue weighted by molar-refractivity contribution is -0.139. The molecule has 0 aliphatic carbocycles. The van der Waals surface area contributed by atoms with Crippen LogP contribution in [0.2, 0.25) is 0 Å². The van der Waals surface area contributed by atoms with Gasteiger partial charge in [-0.1, -0.05) is 12.2 Å². The predicted molar refractivity (Wildman–Crippen MR) is 83.7 cm³/mol. The van der Waals surface area contributed by atoms with Crippen molar-refractivity contribution in [3.8, 4) is 5.75 Å². The number of nitrogens with two attached hydrogens (primary N) is 1. The van der Waals surface area contributed by atoms with Crippen molar-refractivity contribution < 1.29 is 17.9 Å². The molecule has 0 amide bonds. The molecule has 0 radical (unpaired) electrons. The van der Waals surface area contributed by atoms with Gasteiger partial charge in [0.1, 0.15) is 17.3 Å². The standard InChI is InChI=1S/C13H9BrF3NOS2/c14-9-3-4-21-11(9)6-19-10-2-1-7(12(18)20)5-8(10)13(15,16)17/h1-5H,6H2,(H2,18,20). The zero-order valence-electron chi connectivity index (χ0n) is 10.4. The number of hydrogen-bond donors (Lipinski definition) is 1. The van der Waals surface area contributed by atoms with Crippen LogP contribution in [-0.2, 0) is 12.8 Å². The van der Waals surface area contributed by atoms with E-state index in [1.807, 2.05) is 11.4 Å². The Kier molecular flexibility index (Phi) is 4.90. The molecule has 112 valence electrons. The maximum absolute atomic E-state index is 13.1. The highest BCUT2D eigenvalue weighted by Crippen LogP contribution is 2.37. The maximum atomic E-state index is 13.1. The van der Waals surface area contributed by atoms with Crippen molar-refractivity contribution in [3.05, 3.63) is 50.1 Å². The molecule has 0 spiro atoms. The van der Waals surface area contributed by atoms with Gasteiger partial charge < -0.3 is 10.5 Å². The van der Waals surface area contributed by atoms with Crippen LogP contribution in [-0.4, -0.2) is 4.99 Å². The fraction of sp³-hybridized carbons (Fsp3) is 0.154. The average molecular weight is 396 g/mol. The number of thiophene rings is 1. The molecule has 1 aromatic heterocycles. The van der Waals surface area contributed by atoms with Crippen molar-refractivity contribution in [2.75, 3.05) is 0 Å². The van der Waals surface area contributed by atoms with E-state index in [9.17, 15) is 13.2 Å². The summed E-state index contributed by atoms with van der Waals surface area (Å²) in [4.78, 5) is 0.717. The molecule has 0 fully saturated rings. The fourth-order valence-electron chi connectivity index (χ4n) is 1.60. The number of benzene rings is 1. The first-order chi connectivity index (χ1) is 9.79. The van der Waals surface area contributed by atoms with E-state index in [1.54, 1.807) is 0 Å². The molecule has 0 saturated heterocycles. The topological polar surface area (TPSA) is 35.2 Å². The van der Waals surface area contributed by atoms with Gasteiger partial charge in [0.15, 0.2) is 0 Å². The van der Waals surface area contributed by atoms with E-state index in [1.165, 1.54) is 23.5 Å². The Hall–Kier alpha value is -1.12. The van der Waals surface area contributed by atoms with E-state index in [0.717, 1.165) is 15.4 Å². The van der Waals surface area contributed by atoms with Gasteiger partial charge in [-0.15, -0.1) is 11.3 Å². The molecule has 1 heterocycles. The largest absolute Gasteiger partial charge is 0.487 e. The second-order valence-electron chi connectivity index (χ2n) is 4.05. The summed E-state index contributed by atoms with van der Waals surface area (Å²) in [7, 11) is 0. The van der Waals surface area contributed by atoms with Crippen LogP contribution in [0.15, 0.2) is 34.1 Å². The molecule has 0 bridgehead atoms. The van der Waals surface area contributed by atoms with Crippen molar-refractivity contribution in [2.45, 2.75) is 12.8 Å². The first kappa shape index (κ1) is 16.3. The van der Waals surface area contributed by atoms with Crippen LogP contribution in [0.1, 0.15) is 16.0 Å². The monoisotopic (exact) mass is 395 g/mol. The Bertz CT molecular complexity index is 670. The van der Waals surface area contributed by atoms with Gasteiger partial charge in [-0.2, -0.15) is 13.2 Å². The minimum atomic E-state index is -4.54. The third kappa shape index (κ3) is 3.96. The van der Waals surface area contributed by atoms with Crippen LogP contribution in [0.3, 0.4) is 0 Å². The second-order valence-corrected chi connectivity index (χ2v) is 6.35. The third-order valence-electron chi connectivity index (χ3n) is 2.62. The summed E-state index contributed by atoms with van der Waals surface area (Å²) in [5.41, 5.74) is 4.63. The van der Waals surface area contributed by atoms with Crippen LogP contribution < -0.4 is 10.5 Å². The minimum Gasteiger partial charge on any atom is -0.487 e. The first-order valence-electron chi connectivity index (χ1n) is 5.64.